The second-order valence-corrected chi connectivity index (χ2v) is 5.32. The van der Waals surface area contributed by atoms with Gasteiger partial charge in [0.2, 0.25) is 0 Å². The van der Waals surface area contributed by atoms with Crippen LogP contribution in [0, 0.1) is 28.4 Å². The van der Waals surface area contributed by atoms with Gasteiger partial charge >= 0.3 is 0 Å². The Morgan fingerprint density at radius 2 is 2.39 bits per heavy atom. The first-order valence-corrected chi connectivity index (χ1v) is 7.28. The first-order chi connectivity index (χ1) is 11.0. The van der Waals surface area contributed by atoms with Crippen LogP contribution in [0.15, 0.2) is 23.8 Å². The SMILES string of the molecule is Cc1ccc(/C=C(\C#N)C(=O)NCC2CCCO2)cc1[N+](=O)[O-]. The van der Waals surface area contributed by atoms with Crippen molar-refractivity contribution in [1.82, 2.24) is 5.32 Å². The summed E-state index contributed by atoms with van der Waals surface area (Å²) >= 11 is 0. The predicted molar refractivity (Wildman–Crippen MR) is 83.4 cm³/mol. The maximum atomic E-state index is 12.0. The molecule has 1 amide bonds. The van der Waals surface area contributed by atoms with Gasteiger partial charge in [-0.25, -0.2) is 0 Å². The molecule has 1 saturated heterocycles. The van der Waals surface area contributed by atoms with Crippen molar-refractivity contribution in [3.05, 3.63) is 45.0 Å². The van der Waals surface area contributed by atoms with Gasteiger partial charge in [-0.05, 0) is 31.4 Å². The molecule has 1 aliphatic rings. The number of carbonyl (C=O) groups is 1. The molecule has 2 rings (SSSR count). The van der Waals surface area contributed by atoms with Crippen LogP contribution in [0.3, 0.4) is 0 Å². The van der Waals surface area contributed by atoms with Crippen LogP contribution in [-0.2, 0) is 9.53 Å². The highest BCUT2D eigenvalue weighted by atomic mass is 16.6. The van der Waals surface area contributed by atoms with Crippen LogP contribution in [-0.4, -0.2) is 30.1 Å². The molecule has 1 fully saturated rings. The molecule has 1 N–H and O–H groups in total. The standard InChI is InChI=1S/C16H17N3O4/c1-11-4-5-12(8-15(11)19(21)22)7-13(9-17)16(20)18-10-14-3-2-6-23-14/h4-5,7-8,14H,2-3,6,10H2,1H3,(H,18,20)/b13-7+. The first kappa shape index (κ1) is 16.6. The van der Waals surface area contributed by atoms with Crippen molar-refractivity contribution in [1.29, 1.82) is 5.26 Å². The minimum atomic E-state index is -0.508. The highest BCUT2D eigenvalue weighted by Gasteiger charge is 2.18. The summed E-state index contributed by atoms with van der Waals surface area (Å²) < 4.78 is 5.40. The van der Waals surface area contributed by atoms with E-state index in [0.717, 1.165) is 12.8 Å². The van der Waals surface area contributed by atoms with E-state index in [1.54, 1.807) is 19.1 Å². The van der Waals surface area contributed by atoms with Crippen LogP contribution in [0.1, 0.15) is 24.0 Å². The molecule has 1 atom stereocenters. The number of rotatable bonds is 5. The van der Waals surface area contributed by atoms with E-state index in [-0.39, 0.29) is 17.4 Å². The van der Waals surface area contributed by atoms with Gasteiger partial charge in [-0.2, -0.15) is 5.26 Å². The number of nitrogens with one attached hydrogen (secondary N) is 1. The first-order valence-electron chi connectivity index (χ1n) is 7.28. The normalized spacial score (nSPS) is 17.6. The fourth-order valence-electron chi connectivity index (χ4n) is 2.34. The third-order valence-electron chi connectivity index (χ3n) is 3.62. The Morgan fingerprint density at radius 3 is 3.00 bits per heavy atom. The Morgan fingerprint density at radius 1 is 1.61 bits per heavy atom. The zero-order valence-corrected chi connectivity index (χ0v) is 12.7. The molecule has 120 valence electrons. The third-order valence-corrected chi connectivity index (χ3v) is 3.62. The zero-order chi connectivity index (χ0) is 16.8. The lowest BCUT2D eigenvalue weighted by molar-refractivity contribution is -0.385. The molecule has 0 spiro atoms. The Labute approximate surface area is 133 Å². The van der Waals surface area contributed by atoms with E-state index in [4.69, 9.17) is 10.00 Å². The number of aryl methyl sites for hydroxylation is 1. The average molecular weight is 315 g/mol. The molecule has 0 aromatic heterocycles. The second-order valence-electron chi connectivity index (χ2n) is 5.32. The number of carbonyl (C=O) groups excluding carboxylic acids is 1. The molecule has 1 aliphatic heterocycles. The molecule has 1 aromatic rings. The number of amides is 1. The number of nitriles is 1. The molecule has 1 heterocycles. The predicted octanol–water partition coefficient (Wildman–Crippen LogP) is 2.11. The smallest absolute Gasteiger partial charge is 0.272 e. The lowest BCUT2D eigenvalue weighted by Crippen LogP contribution is -2.32. The molecule has 7 heteroatoms. The second kappa shape index (κ2) is 7.51. The number of nitrogens with zero attached hydrogens (tertiary/aromatic N) is 2. The highest BCUT2D eigenvalue weighted by Crippen LogP contribution is 2.21. The molecular weight excluding hydrogens is 298 g/mol. The monoisotopic (exact) mass is 315 g/mol. The zero-order valence-electron chi connectivity index (χ0n) is 12.7. The van der Waals surface area contributed by atoms with Gasteiger partial charge in [-0.3, -0.25) is 14.9 Å². The maximum Gasteiger partial charge on any atom is 0.272 e. The van der Waals surface area contributed by atoms with Gasteiger partial charge in [-0.1, -0.05) is 12.1 Å². The fourth-order valence-corrected chi connectivity index (χ4v) is 2.34. The summed E-state index contributed by atoms with van der Waals surface area (Å²) in [4.78, 5) is 22.5. The quantitative estimate of drug-likeness (QED) is 0.388. The van der Waals surface area contributed by atoms with Gasteiger partial charge in [-0.15, -0.1) is 0 Å². The van der Waals surface area contributed by atoms with Gasteiger partial charge < -0.3 is 10.1 Å². The molecule has 1 aromatic carbocycles. The molecule has 0 saturated carbocycles. The van der Waals surface area contributed by atoms with E-state index in [9.17, 15) is 14.9 Å². The van der Waals surface area contributed by atoms with Gasteiger partial charge in [0, 0.05) is 24.8 Å². The number of nitro benzene ring substituents is 1. The summed E-state index contributed by atoms with van der Waals surface area (Å²) in [6.45, 7) is 2.67. The van der Waals surface area contributed by atoms with Crippen LogP contribution in [0.25, 0.3) is 6.08 Å². The Hall–Kier alpha value is -2.72. The number of hydrogen-bond acceptors (Lipinski definition) is 5. The summed E-state index contributed by atoms with van der Waals surface area (Å²) in [6, 6.07) is 6.39. The van der Waals surface area contributed by atoms with Gasteiger partial charge in [0.15, 0.2) is 0 Å². The van der Waals surface area contributed by atoms with Gasteiger partial charge in [0.1, 0.15) is 11.6 Å². The molecular formula is C16H17N3O4. The molecule has 7 nitrogen and oxygen atoms in total. The average Bonchev–Trinajstić information content (AvgIpc) is 3.04. The Kier molecular flexibility index (Phi) is 5.44. The van der Waals surface area contributed by atoms with Crippen molar-refractivity contribution in [3.63, 3.8) is 0 Å². The van der Waals surface area contributed by atoms with Crippen molar-refractivity contribution >= 4 is 17.7 Å². The van der Waals surface area contributed by atoms with Crippen molar-refractivity contribution in [3.8, 4) is 6.07 Å². The third kappa shape index (κ3) is 4.37. The van der Waals surface area contributed by atoms with Gasteiger partial charge in [0.05, 0.1) is 11.0 Å². The summed E-state index contributed by atoms with van der Waals surface area (Å²) in [6.07, 6.45) is 3.18. The topological polar surface area (TPSA) is 105 Å². The minimum Gasteiger partial charge on any atom is -0.376 e. The van der Waals surface area contributed by atoms with Crippen molar-refractivity contribution in [2.75, 3.05) is 13.2 Å². The lowest BCUT2D eigenvalue weighted by atomic mass is 10.1. The van der Waals surface area contributed by atoms with E-state index in [1.807, 2.05) is 6.07 Å². The lowest BCUT2D eigenvalue weighted by Gasteiger charge is -2.10. The molecule has 0 radical (unpaired) electrons. The van der Waals surface area contributed by atoms with E-state index in [1.165, 1.54) is 12.1 Å². The van der Waals surface area contributed by atoms with Crippen LogP contribution in [0.5, 0.6) is 0 Å². The number of hydrogen-bond donors (Lipinski definition) is 1. The van der Waals surface area contributed by atoms with Crippen LogP contribution in [0.4, 0.5) is 5.69 Å². The van der Waals surface area contributed by atoms with Crippen LogP contribution in [0.2, 0.25) is 0 Å². The number of benzene rings is 1. The van der Waals surface area contributed by atoms with Gasteiger partial charge in [0.25, 0.3) is 11.6 Å². The van der Waals surface area contributed by atoms with Crippen molar-refractivity contribution in [2.45, 2.75) is 25.9 Å². The molecule has 1 unspecified atom stereocenters. The van der Waals surface area contributed by atoms with Crippen molar-refractivity contribution in [2.24, 2.45) is 0 Å². The van der Waals surface area contributed by atoms with E-state index in [2.05, 4.69) is 5.32 Å². The fraction of sp³-hybridized carbons (Fsp3) is 0.375. The van der Waals surface area contributed by atoms with Crippen LogP contribution < -0.4 is 5.32 Å². The Balaban J connectivity index is 2.11. The van der Waals surface area contributed by atoms with E-state index >= 15 is 0 Å². The summed E-state index contributed by atoms with van der Waals surface area (Å²) in [5.74, 6) is -0.508. The van der Waals surface area contributed by atoms with Crippen LogP contribution >= 0.6 is 0 Å². The van der Waals surface area contributed by atoms with Crippen molar-refractivity contribution < 1.29 is 14.5 Å². The molecule has 23 heavy (non-hydrogen) atoms. The molecule has 0 aliphatic carbocycles. The Bertz CT molecular complexity index is 685. The minimum absolute atomic E-state index is 0.0145. The largest absolute Gasteiger partial charge is 0.376 e. The maximum absolute atomic E-state index is 12.0. The number of ether oxygens (including phenoxy) is 1. The van der Waals surface area contributed by atoms with E-state index in [0.29, 0.717) is 24.3 Å². The van der Waals surface area contributed by atoms with E-state index < -0.39 is 10.8 Å². The summed E-state index contributed by atoms with van der Waals surface area (Å²) in [5.41, 5.74) is 0.816. The highest BCUT2D eigenvalue weighted by molar-refractivity contribution is 6.01. The molecule has 0 bridgehead atoms. The summed E-state index contributed by atoms with van der Waals surface area (Å²) in [7, 11) is 0. The summed E-state index contributed by atoms with van der Waals surface area (Å²) in [5, 5.41) is 22.7. The number of nitro groups is 1.